The number of aromatic nitrogens is 2. The van der Waals surface area contributed by atoms with Crippen LogP contribution in [0.25, 0.3) is 0 Å². The molecule has 1 aliphatic carbocycles. The summed E-state index contributed by atoms with van der Waals surface area (Å²) in [6.45, 7) is 3.12. The van der Waals surface area contributed by atoms with E-state index in [1.165, 1.54) is 25.7 Å². The molecule has 4 rings (SSSR count). The minimum Gasteiger partial charge on any atom is -0.342 e. The first-order valence-electron chi connectivity index (χ1n) is 10.2. The number of amides is 2. The normalized spacial score (nSPS) is 27.0. The third-order valence-corrected chi connectivity index (χ3v) is 6.61. The van der Waals surface area contributed by atoms with E-state index in [1.54, 1.807) is 12.5 Å². The summed E-state index contributed by atoms with van der Waals surface area (Å²) in [4.78, 5) is 34.0. The zero-order chi connectivity index (χ0) is 18.0. The maximum atomic E-state index is 13.3. The highest BCUT2D eigenvalue weighted by molar-refractivity contribution is 5.86. The Morgan fingerprint density at radius 3 is 2.81 bits per heavy atom. The van der Waals surface area contributed by atoms with Crippen LogP contribution in [0.2, 0.25) is 0 Å². The molecule has 1 spiro atoms. The number of carbonyl (C=O) groups excluding carboxylic acids is 2. The summed E-state index contributed by atoms with van der Waals surface area (Å²) in [7, 11) is 0. The molecule has 0 aromatic carbocycles. The van der Waals surface area contributed by atoms with Crippen LogP contribution in [-0.4, -0.2) is 56.8 Å². The number of hydrogen-bond donors (Lipinski definition) is 0. The second kappa shape index (κ2) is 7.41. The molecule has 3 fully saturated rings. The highest BCUT2D eigenvalue weighted by Crippen LogP contribution is 2.42. The Labute approximate surface area is 155 Å². The molecule has 1 saturated carbocycles. The van der Waals surface area contributed by atoms with Crippen LogP contribution < -0.4 is 0 Å². The van der Waals surface area contributed by atoms with Crippen molar-refractivity contribution in [3.63, 3.8) is 0 Å². The minimum atomic E-state index is -0.291. The third kappa shape index (κ3) is 3.38. The van der Waals surface area contributed by atoms with Gasteiger partial charge in [-0.25, -0.2) is 4.98 Å². The van der Waals surface area contributed by atoms with Crippen molar-refractivity contribution in [1.29, 1.82) is 0 Å². The van der Waals surface area contributed by atoms with E-state index in [9.17, 15) is 9.59 Å². The van der Waals surface area contributed by atoms with E-state index in [4.69, 9.17) is 0 Å². The average Bonchev–Trinajstić information content (AvgIpc) is 3.39. The molecule has 0 N–H and O–H groups in total. The van der Waals surface area contributed by atoms with Crippen molar-refractivity contribution in [3.8, 4) is 0 Å². The Morgan fingerprint density at radius 2 is 2.04 bits per heavy atom. The number of imidazole rings is 1. The van der Waals surface area contributed by atoms with E-state index in [0.717, 1.165) is 45.3 Å². The van der Waals surface area contributed by atoms with Gasteiger partial charge in [0.15, 0.2) is 0 Å². The van der Waals surface area contributed by atoms with E-state index in [1.807, 2.05) is 15.7 Å². The average molecular weight is 358 g/mol. The summed E-state index contributed by atoms with van der Waals surface area (Å²) in [6, 6.07) is 0.458. The largest absolute Gasteiger partial charge is 0.342 e. The molecule has 1 atom stereocenters. The van der Waals surface area contributed by atoms with Crippen molar-refractivity contribution >= 4 is 11.8 Å². The van der Waals surface area contributed by atoms with Gasteiger partial charge in [-0.1, -0.05) is 12.8 Å². The topological polar surface area (TPSA) is 58.4 Å². The fraction of sp³-hybridized carbons (Fsp3) is 0.750. The van der Waals surface area contributed by atoms with Gasteiger partial charge in [0.05, 0.1) is 11.7 Å². The number of hydrogen-bond acceptors (Lipinski definition) is 3. The maximum absolute atomic E-state index is 13.3. The summed E-state index contributed by atoms with van der Waals surface area (Å²) in [6.07, 6.45) is 14.6. The first-order valence-corrected chi connectivity index (χ1v) is 10.2. The number of likely N-dealkylation sites (tertiary alicyclic amines) is 2. The van der Waals surface area contributed by atoms with Gasteiger partial charge in [0.2, 0.25) is 11.8 Å². The molecule has 2 aliphatic heterocycles. The minimum absolute atomic E-state index is 0.202. The Kier molecular flexibility index (Phi) is 5.00. The van der Waals surface area contributed by atoms with Crippen LogP contribution in [0.1, 0.15) is 57.8 Å². The number of piperidine rings is 1. The van der Waals surface area contributed by atoms with Gasteiger partial charge < -0.3 is 14.4 Å². The van der Waals surface area contributed by atoms with E-state index >= 15 is 0 Å². The van der Waals surface area contributed by atoms with Crippen LogP contribution in [-0.2, 0) is 16.1 Å². The lowest BCUT2D eigenvalue weighted by atomic mass is 9.77. The molecule has 6 heteroatoms. The van der Waals surface area contributed by atoms with Gasteiger partial charge in [0.1, 0.15) is 0 Å². The predicted molar refractivity (Wildman–Crippen MR) is 98.3 cm³/mol. The summed E-state index contributed by atoms with van der Waals surface area (Å²) in [5.41, 5.74) is -0.291. The zero-order valence-electron chi connectivity index (χ0n) is 15.6. The summed E-state index contributed by atoms with van der Waals surface area (Å²) in [5.74, 6) is 0.539. The van der Waals surface area contributed by atoms with Crippen LogP contribution in [0.4, 0.5) is 0 Å². The highest BCUT2D eigenvalue weighted by Gasteiger charge is 2.50. The monoisotopic (exact) mass is 358 g/mol. The lowest BCUT2D eigenvalue weighted by molar-refractivity contribution is -0.148. The first-order chi connectivity index (χ1) is 12.7. The second-order valence-corrected chi connectivity index (χ2v) is 8.29. The molecule has 3 aliphatic rings. The molecule has 142 valence electrons. The zero-order valence-corrected chi connectivity index (χ0v) is 15.6. The molecule has 1 aromatic rings. The Balaban J connectivity index is 1.32. The maximum Gasteiger partial charge on any atom is 0.230 e. The summed E-state index contributed by atoms with van der Waals surface area (Å²) in [5, 5.41) is 0. The molecule has 0 unspecified atom stereocenters. The summed E-state index contributed by atoms with van der Waals surface area (Å²) < 4.78 is 2.00. The van der Waals surface area contributed by atoms with E-state index < -0.39 is 0 Å². The predicted octanol–water partition coefficient (Wildman–Crippen LogP) is 2.45. The Morgan fingerprint density at radius 1 is 1.19 bits per heavy atom. The molecule has 26 heavy (non-hydrogen) atoms. The third-order valence-electron chi connectivity index (χ3n) is 6.61. The van der Waals surface area contributed by atoms with Crippen molar-refractivity contribution in [1.82, 2.24) is 19.4 Å². The lowest BCUT2D eigenvalue weighted by Gasteiger charge is -2.42. The van der Waals surface area contributed by atoms with Crippen molar-refractivity contribution in [2.45, 2.75) is 70.4 Å². The van der Waals surface area contributed by atoms with Crippen LogP contribution >= 0.6 is 0 Å². The highest BCUT2D eigenvalue weighted by atomic mass is 16.2. The second-order valence-electron chi connectivity index (χ2n) is 8.29. The number of carbonyl (C=O) groups is 2. The SMILES string of the molecule is O=C(CCCn1ccnc1)N1CC[C@@]2(CCCN(C3CCCC3)C2=O)C1. The fourth-order valence-corrected chi connectivity index (χ4v) is 5.12. The molecule has 2 amide bonds. The quantitative estimate of drug-likeness (QED) is 0.812. The Bertz CT molecular complexity index is 638. The molecule has 0 bridgehead atoms. The number of aryl methyl sites for hydroxylation is 1. The van der Waals surface area contributed by atoms with E-state index in [-0.39, 0.29) is 11.3 Å². The van der Waals surface area contributed by atoms with E-state index in [0.29, 0.717) is 24.9 Å². The van der Waals surface area contributed by atoms with Gasteiger partial charge >= 0.3 is 0 Å². The van der Waals surface area contributed by atoms with Crippen LogP contribution in [0, 0.1) is 5.41 Å². The molecule has 1 aromatic heterocycles. The van der Waals surface area contributed by atoms with Crippen molar-refractivity contribution in [3.05, 3.63) is 18.7 Å². The molecule has 0 radical (unpaired) electrons. The summed E-state index contributed by atoms with van der Waals surface area (Å²) >= 11 is 0. The molecule has 6 nitrogen and oxygen atoms in total. The van der Waals surface area contributed by atoms with Crippen molar-refractivity contribution < 1.29 is 9.59 Å². The van der Waals surface area contributed by atoms with Gasteiger partial charge in [0, 0.05) is 51.0 Å². The van der Waals surface area contributed by atoms with Gasteiger partial charge in [0.25, 0.3) is 0 Å². The van der Waals surface area contributed by atoms with Crippen molar-refractivity contribution in [2.24, 2.45) is 5.41 Å². The van der Waals surface area contributed by atoms with Gasteiger partial charge in [-0.3, -0.25) is 9.59 Å². The van der Waals surface area contributed by atoms with Crippen LogP contribution in [0.5, 0.6) is 0 Å². The first kappa shape index (κ1) is 17.6. The molecular weight excluding hydrogens is 328 g/mol. The lowest BCUT2D eigenvalue weighted by Crippen LogP contribution is -2.53. The van der Waals surface area contributed by atoms with Gasteiger partial charge in [-0.15, -0.1) is 0 Å². The molecule has 2 saturated heterocycles. The van der Waals surface area contributed by atoms with Crippen LogP contribution in [0.3, 0.4) is 0 Å². The Hall–Kier alpha value is -1.85. The number of rotatable bonds is 5. The van der Waals surface area contributed by atoms with Gasteiger partial charge in [-0.05, 0) is 38.5 Å². The van der Waals surface area contributed by atoms with Crippen LogP contribution in [0.15, 0.2) is 18.7 Å². The fourth-order valence-electron chi connectivity index (χ4n) is 5.12. The molecule has 3 heterocycles. The number of nitrogens with zero attached hydrogens (tertiary/aromatic N) is 4. The molecular formula is C20H30N4O2. The standard InChI is InChI=1S/C20H30N4O2/c25-18(7-3-11-22-14-10-21-16-22)23-13-9-20(15-23)8-4-12-24(19(20)26)17-5-1-2-6-17/h10,14,16-17H,1-9,11-13,15H2/t20-/m0/s1. The van der Waals surface area contributed by atoms with Gasteiger partial charge in [-0.2, -0.15) is 0 Å². The smallest absolute Gasteiger partial charge is 0.230 e. The van der Waals surface area contributed by atoms with Crippen molar-refractivity contribution in [2.75, 3.05) is 19.6 Å². The van der Waals surface area contributed by atoms with E-state index in [2.05, 4.69) is 9.88 Å².